The summed E-state index contributed by atoms with van der Waals surface area (Å²) in [5.74, 6) is -7.96. The molecule has 0 saturated carbocycles. The van der Waals surface area contributed by atoms with Crippen molar-refractivity contribution < 1.29 is 40.0 Å². The SMILES string of the molecule is Cc1ccc([C@H]2c3[nH]c4ccc([N+](=O)[O-])cc4c3CCN2c2nc(C(F)(F)F)nc(C(F)(F)F)n2)c(F)c1F. The largest absolute Gasteiger partial charge is 0.451 e. The molecule has 4 aromatic rings. The van der Waals surface area contributed by atoms with Crippen LogP contribution in [0.2, 0.25) is 0 Å². The lowest BCUT2D eigenvalue weighted by Crippen LogP contribution is -2.39. The number of rotatable bonds is 3. The Kier molecular flexibility index (Phi) is 5.95. The number of anilines is 1. The normalized spacial score (nSPS) is 16.0. The number of halogens is 8. The van der Waals surface area contributed by atoms with Gasteiger partial charge in [0.15, 0.2) is 11.6 Å². The summed E-state index contributed by atoms with van der Waals surface area (Å²) in [7, 11) is 0. The van der Waals surface area contributed by atoms with Gasteiger partial charge in [-0.2, -0.15) is 36.3 Å². The van der Waals surface area contributed by atoms with Crippen molar-refractivity contribution in [1.82, 2.24) is 19.9 Å². The third-order valence-corrected chi connectivity index (χ3v) is 6.31. The number of fused-ring (bicyclic) bond motifs is 3. The van der Waals surface area contributed by atoms with Gasteiger partial charge < -0.3 is 9.88 Å². The molecule has 204 valence electrons. The molecule has 0 aliphatic carbocycles. The Bertz CT molecular complexity index is 1600. The van der Waals surface area contributed by atoms with Gasteiger partial charge >= 0.3 is 12.4 Å². The van der Waals surface area contributed by atoms with Crippen LogP contribution in [-0.4, -0.2) is 31.4 Å². The number of benzene rings is 2. The van der Waals surface area contributed by atoms with Gasteiger partial charge in [0, 0.05) is 40.8 Å². The van der Waals surface area contributed by atoms with E-state index in [1.165, 1.54) is 31.2 Å². The summed E-state index contributed by atoms with van der Waals surface area (Å²) in [6, 6.07) is 4.58. The quantitative estimate of drug-likeness (QED) is 0.187. The maximum atomic E-state index is 15.3. The molecule has 2 aromatic heterocycles. The summed E-state index contributed by atoms with van der Waals surface area (Å²) in [5.41, 5.74) is -0.0171. The van der Waals surface area contributed by atoms with E-state index in [0.717, 1.165) is 11.0 Å². The highest BCUT2D eigenvalue weighted by atomic mass is 19.4. The molecule has 0 spiro atoms. The first-order valence-corrected chi connectivity index (χ1v) is 11.1. The number of nitro groups is 1. The molecule has 0 radical (unpaired) electrons. The highest BCUT2D eigenvalue weighted by Crippen LogP contribution is 2.43. The monoisotopic (exact) mass is 558 g/mol. The van der Waals surface area contributed by atoms with Crippen LogP contribution in [0, 0.1) is 28.7 Å². The third kappa shape index (κ3) is 4.48. The number of hydrogen-bond acceptors (Lipinski definition) is 6. The molecular formula is C23H14F8N6O2. The van der Waals surface area contributed by atoms with Crippen molar-refractivity contribution in [2.75, 3.05) is 11.4 Å². The van der Waals surface area contributed by atoms with Crippen LogP contribution in [0.5, 0.6) is 0 Å². The van der Waals surface area contributed by atoms with Crippen molar-refractivity contribution in [3.05, 3.63) is 86.1 Å². The van der Waals surface area contributed by atoms with Gasteiger partial charge in [-0.1, -0.05) is 12.1 Å². The molecule has 3 heterocycles. The molecule has 2 aromatic carbocycles. The van der Waals surface area contributed by atoms with Crippen LogP contribution in [0.15, 0.2) is 30.3 Å². The number of H-pyrrole nitrogens is 1. The van der Waals surface area contributed by atoms with Crippen LogP contribution >= 0.6 is 0 Å². The lowest BCUT2D eigenvalue weighted by atomic mass is 9.91. The minimum atomic E-state index is -5.38. The Hall–Kier alpha value is -4.37. The number of nitro benzene ring substituents is 1. The van der Waals surface area contributed by atoms with Gasteiger partial charge in [-0.25, -0.2) is 13.8 Å². The second-order valence-electron chi connectivity index (χ2n) is 8.73. The molecule has 39 heavy (non-hydrogen) atoms. The fourth-order valence-electron chi connectivity index (χ4n) is 4.55. The van der Waals surface area contributed by atoms with Crippen molar-refractivity contribution >= 4 is 22.5 Å². The van der Waals surface area contributed by atoms with Crippen LogP contribution in [-0.2, 0) is 18.8 Å². The number of aromatic nitrogens is 4. The molecule has 1 N–H and O–H groups in total. The number of aromatic amines is 1. The van der Waals surface area contributed by atoms with Crippen LogP contribution in [0.4, 0.5) is 46.8 Å². The molecule has 1 aliphatic heterocycles. The summed E-state index contributed by atoms with van der Waals surface area (Å²) >= 11 is 0. The Morgan fingerprint density at radius 1 is 0.974 bits per heavy atom. The van der Waals surface area contributed by atoms with E-state index in [2.05, 4.69) is 19.9 Å². The van der Waals surface area contributed by atoms with E-state index < -0.39 is 58.1 Å². The summed E-state index contributed by atoms with van der Waals surface area (Å²) in [6.45, 7) is 0.923. The zero-order chi connectivity index (χ0) is 28.4. The molecule has 0 amide bonds. The van der Waals surface area contributed by atoms with Gasteiger partial charge in [-0.05, 0) is 30.5 Å². The van der Waals surface area contributed by atoms with Gasteiger partial charge in [-0.15, -0.1) is 0 Å². The van der Waals surface area contributed by atoms with E-state index in [9.17, 15) is 40.8 Å². The smallest absolute Gasteiger partial charge is 0.356 e. The van der Waals surface area contributed by atoms with Crippen molar-refractivity contribution in [3.63, 3.8) is 0 Å². The summed E-state index contributed by atoms with van der Waals surface area (Å²) in [6.07, 6.45) is -10.8. The van der Waals surface area contributed by atoms with Gasteiger partial charge in [0.1, 0.15) is 6.04 Å². The number of alkyl halides is 6. The van der Waals surface area contributed by atoms with Crippen LogP contribution < -0.4 is 4.90 Å². The standard InChI is InChI=1S/C23H14F8N6O2/c1-9-2-4-12(16(25)15(9)24)18-17-11(13-8-10(37(38)39)3-5-14(13)32-17)6-7-36(18)21-34-19(22(26,27)28)33-20(35-21)23(29,30)31/h2-5,8,18,32H,6-7H2,1H3/t18-/m0/s1. The first-order chi connectivity index (χ1) is 18.2. The first-order valence-electron chi connectivity index (χ1n) is 11.1. The molecular weight excluding hydrogens is 544 g/mol. The fraction of sp³-hybridized carbons (Fsp3) is 0.261. The van der Waals surface area contributed by atoms with Crippen LogP contribution in [0.25, 0.3) is 10.9 Å². The minimum Gasteiger partial charge on any atom is -0.356 e. The predicted octanol–water partition coefficient (Wildman–Crippen LogP) is 6.04. The highest BCUT2D eigenvalue weighted by Gasteiger charge is 2.44. The topological polar surface area (TPSA) is 101 Å². The molecule has 0 unspecified atom stereocenters. The molecule has 16 heteroatoms. The van der Waals surface area contributed by atoms with Gasteiger partial charge in [0.05, 0.1) is 4.92 Å². The summed E-state index contributed by atoms with van der Waals surface area (Å²) in [5, 5.41) is 11.6. The zero-order valence-corrected chi connectivity index (χ0v) is 19.5. The summed E-state index contributed by atoms with van der Waals surface area (Å²) < 4.78 is 111. The number of nitrogens with zero attached hydrogens (tertiary/aromatic N) is 5. The molecule has 1 atom stereocenters. The molecule has 5 rings (SSSR count). The molecule has 8 nitrogen and oxygen atoms in total. The lowest BCUT2D eigenvalue weighted by Gasteiger charge is -2.36. The van der Waals surface area contributed by atoms with Crippen LogP contribution in [0.1, 0.15) is 40.1 Å². The second kappa shape index (κ2) is 8.84. The van der Waals surface area contributed by atoms with E-state index in [4.69, 9.17) is 0 Å². The molecule has 0 saturated heterocycles. The highest BCUT2D eigenvalue weighted by molar-refractivity contribution is 5.88. The molecule has 0 bridgehead atoms. The van der Waals surface area contributed by atoms with E-state index in [-0.39, 0.29) is 29.9 Å². The zero-order valence-electron chi connectivity index (χ0n) is 19.5. The van der Waals surface area contributed by atoms with E-state index in [0.29, 0.717) is 16.5 Å². The van der Waals surface area contributed by atoms with E-state index in [1.807, 2.05) is 0 Å². The number of hydrogen-bond donors (Lipinski definition) is 1. The first kappa shape index (κ1) is 26.2. The van der Waals surface area contributed by atoms with Gasteiger partial charge in [-0.3, -0.25) is 10.1 Å². The average molecular weight is 558 g/mol. The van der Waals surface area contributed by atoms with Gasteiger partial charge in [0.2, 0.25) is 17.6 Å². The Labute approximate surface area is 212 Å². The number of non-ortho nitro benzene ring substituents is 1. The third-order valence-electron chi connectivity index (χ3n) is 6.31. The van der Waals surface area contributed by atoms with Gasteiger partial charge in [0.25, 0.3) is 5.69 Å². The Balaban J connectivity index is 1.78. The van der Waals surface area contributed by atoms with E-state index >= 15 is 4.39 Å². The average Bonchev–Trinajstić information content (AvgIpc) is 3.24. The summed E-state index contributed by atoms with van der Waals surface area (Å²) in [4.78, 5) is 23.4. The predicted molar refractivity (Wildman–Crippen MR) is 119 cm³/mol. The maximum Gasteiger partial charge on any atom is 0.451 e. The van der Waals surface area contributed by atoms with E-state index in [1.54, 1.807) is 0 Å². The molecule has 1 aliphatic rings. The number of nitrogens with one attached hydrogen (secondary N) is 1. The van der Waals surface area contributed by atoms with Crippen molar-refractivity contribution in [2.45, 2.75) is 31.7 Å². The number of aryl methyl sites for hydroxylation is 1. The maximum absolute atomic E-state index is 15.3. The second-order valence-corrected chi connectivity index (χ2v) is 8.73. The van der Waals surface area contributed by atoms with Crippen molar-refractivity contribution in [3.8, 4) is 0 Å². The van der Waals surface area contributed by atoms with Crippen molar-refractivity contribution in [2.24, 2.45) is 0 Å². The molecule has 0 fully saturated rings. The Morgan fingerprint density at radius 2 is 1.62 bits per heavy atom. The van der Waals surface area contributed by atoms with Crippen LogP contribution in [0.3, 0.4) is 0 Å². The fourth-order valence-corrected chi connectivity index (χ4v) is 4.55. The lowest BCUT2D eigenvalue weighted by molar-refractivity contribution is -0.384. The Morgan fingerprint density at radius 3 is 2.21 bits per heavy atom. The van der Waals surface area contributed by atoms with Crippen molar-refractivity contribution in [1.29, 1.82) is 0 Å². The minimum absolute atomic E-state index is 0.0582.